The van der Waals surface area contributed by atoms with Gasteiger partial charge in [-0.3, -0.25) is 10.1 Å². The van der Waals surface area contributed by atoms with Crippen molar-refractivity contribution >= 4 is 17.1 Å². The van der Waals surface area contributed by atoms with Gasteiger partial charge < -0.3 is 14.5 Å². The Bertz CT molecular complexity index is 793. The van der Waals surface area contributed by atoms with Crippen molar-refractivity contribution in [3.63, 3.8) is 0 Å². The molecule has 1 heterocycles. The van der Waals surface area contributed by atoms with Crippen LogP contribution in [0.2, 0.25) is 0 Å². The van der Waals surface area contributed by atoms with E-state index in [9.17, 15) is 18.9 Å². The van der Waals surface area contributed by atoms with Crippen molar-refractivity contribution < 1.29 is 18.4 Å². The quantitative estimate of drug-likeness (QED) is 0.627. The molecule has 0 unspecified atom stereocenters. The first-order chi connectivity index (χ1) is 12.0. The van der Waals surface area contributed by atoms with Crippen molar-refractivity contribution in [2.45, 2.75) is 0 Å². The van der Waals surface area contributed by atoms with E-state index in [1.165, 1.54) is 25.3 Å². The maximum atomic E-state index is 14.1. The SMILES string of the molecule is COc1ccc(N2CCN(c3ccc([N+](=O)[O-])cc3F)CC2)cc1F. The molecule has 0 spiro atoms. The summed E-state index contributed by atoms with van der Waals surface area (Å²) in [5.74, 6) is -0.850. The summed E-state index contributed by atoms with van der Waals surface area (Å²) in [4.78, 5) is 13.9. The van der Waals surface area contributed by atoms with Crippen LogP contribution in [-0.4, -0.2) is 38.2 Å². The Morgan fingerprint density at radius 2 is 1.68 bits per heavy atom. The molecule has 1 saturated heterocycles. The summed E-state index contributed by atoms with van der Waals surface area (Å²) < 4.78 is 32.9. The Balaban J connectivity index is 1.69. The number of piperazine rings is 1. The maximum Gasteiger partial charge on any atom is 0.272 e. The predicted molar refractivity (Wildman–Crippen MR) is 90.4 cm³/mol. The average molecular weight is 349 g/mol. The van der Waals surface area contributed by atoms with E-state index in [0.29, 0.717) is 31.9 Å². The first-order valence-electron chi connectivity index (χ1n) is 7.77. The zero-order chi connectivity index (χ0) is 18.0. The summed E-state index contributed by atoms with van der Waals surface area (Å²) in [5, 5.41) is 10.7. The highest BCUT2D eigenvalue weighted by Crippen LogP contribution is 2.28. The molecule has 0 N–H and O–H groups in total. The van der Waals surface area contributed by atoms with Gasteiger partial charge in [0, 0.05) is 44.0 Å². The fourth-order valence-electron chi connectivity index (χ4n) is 2.92. The lowest BCUT2D eigenvalue weighted by molar-refractivity contribution is -0.385. The maximum absolute atomic E-state index is 14.1. The van der Waals surface area contributed by atoms with Crippen LogP contribution in [0.3, 0.4) is 0 Å². The number of non-ortho nitro benzene ring substituents is 1. The van der Waals surface area contributed by atoms with E-state index in [4.69, 9.17) is 4.74 Å². The molecule has 2 aromatic rings. The van der Waals surface area contributed by atoms with Crippen molar-refractivity contribution in [1.82, 2.24) is 0 Å². The summed E-state index contributed by atoms with van der Waals surface area (Å²) in [6.07, 6.45) is 0. The number of nitrogens with zero attached hydrogens (tertiary/aromatic N) is 3. The summed E-state index contributed by atoms with van der Waals surface area (Å²) in [6, 6.07) is 8.43. The molecule has 0 saturated carbocycles. The number of nitro groups is 1. The van der Waals surface area contributed by atoms with E-state index in [1.54, 1.807) is 12.1 Å². The van der Waals surface area contributed by atoms with E-state index in [0.717, 1.165) is 11.8 Å². The third-order valence-electron chi connectivity index (χ3n) is 4.26. The number of halogens is 2. The highest BCUT2D eigenvalue weighted by molar-refractivity contribution is 5.55. The molecule has 3 rings (SSSR count). The van der Waals surface area contributed by atoms with Crippen LogP contribution in [0.1, 0.15) is 0 Å². The van der Waals surface area contributed by atoms with Crippen LogP contribution < -0.4 is 14.5 Å². The fraction of sp³-hybridized carbons (Fsp3) is 0.294. The third-order valence-corrected chi connectivity index (χ3v) is 4.26. The first-order valence-corrected chi connectivity index (χ1v) is 7.77. The van der Waals surface area contributed by atoms with Crippen molar-refractivity contribution in [3.8, 4) is 5.75 Å². The fourth-order valence-corrected chi connectivity index (χ4v) is 2.92. The van der Waals surface area contributed by atoms with E-state index in [1.807, 2.05) is 9.80 Å². The van der Waals surface area contributed by atoms with Crippen molar-refractivity contribution in [2.75, 3.05) is 43.1 Å². The largest absolute Gasteiger partial charge is 0.494 e. The van der Waals surface area contributed by atoms with Gasteiger partial charge in [0.1, 0.15) is 0 Å². The number of anilines is 2. The summed E-state index contributed by atoms with van der Waals surface area (Å²) in [5.41, 5.74) is 0.807. The minimum atomic E-state index is -0.622. The Hall–Kier alpha value is -2.90. The Morgan fingerprint density at radius 1 is 1.00 bits per heavy atom. The molecular formula is C17H17F2N3O3. The lowest BCUT2D eigenvalue weighted by atomic mass is 10.2. The van der Waals surface area contributed by atoms with E-state index in [-0.39, 0.29) is 11.4 Å². The van der Waals surface area contributed by atoms with Crippen LogP contribution in [0.5, 0.6) is 5.75 Å². The van der Waals surface area contributed by atoms with Gasteiger partial charge in [0.05, 0.1) is 23.8 Å². The van der Waals surface area contributed by atoms with Gasteiger partial charge >= 0.3 is 0 Å². The normalized spacial score (nSPS) is 14.5. The topological polar surface area (TPSA) is 58.8 Å². The second-order valence-electron chi connectivity index (χ2n) is 5.69. The zero-order valence-electron chi connectivity index (χ0n) is 13.6. The van der Waals surface area contributed by atoms with E-state index >= 15 is 0 Å². The molecule has 0 amide bonds. The molecule has 132 valence electrons. The number of benzene rings is 2. The van der Waals surface area contributed by atoms with E-state index in [2.05, 4.69) is 0 Å². The first kappa shape index (κ1) is 16.9. The second-order valence-corrected chi connectivity index (χ2v) is 5.69. The Kier molecular flexibility index (Phi) is 4.69. The van der Waals surface area contributed by atoms with Gasteiger partial charge in [0.25, 0.3) is 5.69 Å². The summed E-state index contributed by atoms with van der Waals surface area (Å²) in [7, 11) is 1.41. The molecule has 25 heavy (non-hydrogen) atoms. The monoisotopic (exact) mass is 349 g/mol. The minimum Gasteiger partial charge on any atom is -0.494 e. The molecular weight excluding hydrogens is 332 g/mol. The second kappa shape index (κ2) is 6.92. The van der Waals surface area contributed by atoms with Crippen LogP contribution in [0.4, 0.5) is 25.8 Å². The zero-order valence-corrected chi connectivity index (χ0v) is 13.6. The van der Waals surface area contributed by atoms with Crippen LogP contribution in [0.15, 0.2) is 36.4 Å². The standard InChI is InChI=1S/C17H17F2N3O3/c1-25-17-5-3-12(10-15(17)19)20-6-8-21(9-7-20)16-4-2-13(22(23)24)11-14(16)18/h2-5,10-11H,6-9H2,1H3. The average Bonchev–Trinajstić information content (AvgIpc) is 2.61. The molecule has 2 aromatic carbocycles. The van der Waals surface area contributed by atoms with Gasteiger partial charge in [-0.25, -0.2) is 8.78 Å². The van der Waals surface area contributed by atoms with Gasteiger partial charge in [0.15, 0.2) is 17.4 Å². The lowest BCUT2D eigenvalue weighted by Crippen LogP contribution is -2.46. The molecule has 0 aliphatic carbocycles. The number of ether oxygens (including phenoxy) is 1. The smallest absolute Gasteiger partial charge is 0.272 e. The van der Waals surface area contributed by atoms with Crippen molar-refractivity contribution in [1.29, 1.82) is 0 Å². The minimum absolute atomic E-state index is 0.190. The van der Waals surface area contributed by atoms with Gasteiger partial charge in [-0.1, -0.05) is 0 Å². The highest BCUT2D eigenvalue weighted by atomic mass is 19.1. The molecule has 1 fully saturated rings. The van der Waals surface area contributed by atoms with Crippen molar-refractivity contribution in [3.05, 3.63) is 58.1 Å². The number of hydrogen-bond acceptors (Lipinski definition) is 5. The van der Waals surface area contributed by atoms with Crippen LogP contribution >= 0.6 is 0 Å². The Morgan fingerprint density at radius 3 is 2.24 bits per heavy atom. The molecule has 0 atom stereocenters. The molecule has 0 aromatic heterocycles. The Labute approximate surface area is 143 Å². The summed E-state index contributed by atoms with van der Waals surface area (Å²) >= 11 is 0. The number of methoxy groups -OCH3 is 1. The molecule has 6 nitrogen and oxygen atoms in total. The van der Waals surface area contributed by atoms with Gasteiger partial charge in [-0.2, -0.15) is 0 Å². The molecule has 0 bridgehead atoms. The number of rotatable bonds is 4. The van der Waals surface area contributed by atoms with Crippen LogP contribution in [-0.2, 0) is 0 Å². The molecule has 1 aliphatic rings. The molecule has 1 aliphatic heterocycles. The van der Waals surface area contributed by atoms with Gasteiger partial charge in [-0.15, -0.1) is 0 Å². The molecule has 8 heteroatoms. The van der Waals surface area contributed by atoms with E-state index < -0.39 is 16.6 Å². The number of hydrogen-bond donors (Lipinski definition) is 0. The third kappa shape index (κ3) is 3.47. The van der Waals surface area contributed by atoms with Gasteiger partial charge in [-0.05, 0) is 18.2 Å². The summed E-state index contributed by atoms with van der Waals surface area (Å²) in [6.45, 7) is 2.23. The predicted octanol–water partition coefficient (Wildman–Crippen LogP) is 3.21. The van der Waals surface area contributed by atoms with Crippen molar-refractivity contribution in [2.24, 2.45) is 0 Å². The van der Waals surface area contributed by atoms with Crippen LogP contribution in [0.25, 0.3) is 0 Å². The molecule has 0 radical (unpaired) electrons. The van der Waals surface area contributed by atoms with Crippen LogP contribution in [0, 0.1) is 21.7 Å². The van der Waals surface area contributed by atoms with Gasteiger partial charge in [0.2, 0.25) is 0 Å². The lowest BCUT2D eigenvalue weighted by Gasteiger charge is -2.37. The number of nitro benzene ring substituents is 1. The highest BCUT2D eigenvalue weighted by Gasteiger charge is 2.22.